The summed E-state index contributed by atoms with van der Waals surface area (Å²) in [4.78, 5) is 10.7. The van der Waals surface area contributed by atoms with E-state index in [-0.39, 0.29) is 12.0 Å². The minimum absolute atomic E-state index is 0.0771. The Kier molecular flexibility index (Phi) is 3.88. The van der Waals surface area contributed by atoms with Gasteiger partial charge in [-0.05, 0) is 31.1 Å². The second-order valence-electron chi connectivity index (χ2n) is 5.41. The summed E-state index contributed by atoms with van der Waals surface area (Å²) in [6.07, 6.45) is -0.238. The van der Waals surface area contributed by atoms with Gasteiger partial charge in [-0.15, -0.1) is 0 Å². The quantitative estimate of drug-likeness (QED) is 0.782. The molecule has 1 rings (SSSR count). The summed E-state index contributed by atoms with van der Waals surface area (Å²) in [7, 11) is 0. The molecule has 0 heterocycles. The fraction of sp³-hybridized carbons (Fsp3) is 0.909. The van der Waals surface area contributed by atoms with Gasteiger partial charge in [0, 0.05) is 6.54 Å². The van der Waals surface area contributed by atoms with Crippen LogP contribution < -0.4 is 5.32 Å². The first-order valence-electron chi connectivity index (χ1n) is 5.52. The van der Waals surface area contributed by atoms with Crippen molar-refractivity contribution < 1.29 is 18.7 Å². The molecule has 0 saturated heterocycles. The Bertz CT molecular complexity index is 257. The van der Waals surface area contributed by atoms with Gasteiger partial charge in [-0.25, -0.2) is 0 Å². The Balaban J connectivity index is 2.40. The molecule has 2 N–H and O–H groups in total. The number of halogens is 2. The van der Waals surface area contributed by atoms with Gasteiger partial charge < -0.3 is 10.4 Å². The van der Waals surface area contributed by atoms with Gasteiger partial charge >= 0.3 is 6.43 Å². The molecule has 0 aromatic rings. The summed E-state index contributed by atoms with van der Waals surface area (Å²) in [5.74, 6) is -1.31. The molecule has 3 nitrogen and oxygen atoms in total. The number of nitrogens with one attached hydrogen (secondary N) is 1. The van der Waals surface area contributed by atoms with Crippen molar-refractivity contribution in [3.63, 3.8) is 0 Å². The highest BCUT2D eigenvalue weighted by Gasteiger charge is 2.37. The lowest BCUT2D eigenvalue weighted by molar-refractivity contribution is -0.133. The van der Waals surface area contributed by atoms with E-state index in [9.17, 15) is 18.7 Å². The highest BCUT2D eigenvalue weighted by molar-refractivity contribution is 5.79. The molecule has 0 aliphatic heterocycles. The van der Waals surface area contributed by atoms with E-state index in [1.807, 2.05) is 0 Å². The van der Waals surface area contributed by atoms with Crippen LogP contribution in [0.1, 0.15) is 39.5 Å². The predicted molar refractivity (Wildman–Crippen MR) is 56.2 cm³/mol. The fourth-order valence-corrected chi connectivity index (χ4v) is 1.90. The van der Waals surface area contributed by atoms with Gasteiger partial charge in [-0.3, -0.25) is 4.79 Å². The molecule has 1 aliphatic carbocycles. The van der Waals surface area contributed by atoms with E-state index in [4.69, 9.17) is 0 Å². The summed E-state index contributed by atoms with van der Waals surface area (Å²) in [6.45, 7) is 4.15. The van der Waals surface area contributed by atoms with E-state index in [1.165, 1.54) is 0 Å². The van der Waals surface area contributed by atoms with Crippen molar-refractivity contribution in [2.45, 2.75) is 51.6 Å². The smallest absolute Gasteiger partial charge is 0.315 e. The largest absolute Gasteiger partial charge is 0.388 e. The number of hydrogen-bond acceptors (Lipinski definition) is 2. The van der Waals surface area contributed by atoms with Crippen molar-refractivity contribution in [3.05, 3.63) is 0 Å². The molecule has 0 aromatic heterocycles. The molecule has 1 saturated carbocycles. The Labute approximate surface area is 94.2 Å². The summed E-state index contributed by atoms with van der Waals surface area (Å²) >= 11 is 0. The molecular formula is C11H19F2NO2. The molecule has 1 fully saturated rings. The van der Waals surface area contributed by atoms with Crippen LogP contribution in [0.3, 0.4) is 0 Å². The maximum absolute atomic E-state index is 11.9. The molecule has 1 aliphatic rings. The van der Waals surface area contributed by atoms with Crippen LogP contribution in [0.4, 0.5) is 8.78 Å². The summed E-state index contributed by atoms with van der Waals surface area (Å²) in [5, 5.41) is 12.2. The van der Waals surface area contributed by atoms with Gasteiger partial charge in [0.1, 0.15) is 0 Å². The number of carbonyl (C=O) groups excluding carboxylic acids is 1. The van der Waals surface area contributed by atoms with Crippen LogP contribution >= 0.6 is 0 Å². The number of alkyl halides is 2. The van der Waals surface area contributed by atoms with Crippen molar-refractivity contribution in [1.82, 2.24) is 5.32 Å². The highest BCUT2D eigenvalue weighted by Crippen LogP contribution is 2.39. The molecular weight excluding hydrogens is 216 g/mol. The maximum atomic E-state index is 11.9. The lowest BCUT2D eigenvalue weighted by Gasteiger charge is -2.40. The number of carbonyl (C=O) groups is 1. The monoisotopic (exact) mass is 235 g/mol. The van der Waals surface area contributed by atoms with E-state index in [0.29, 0.717) is 12.8 Å². The Morgan fingerprint density at radius 1 is 1.31 bits per heavy atom. The van der Waals surface area contributed by atoms with Crippen LogP contribution in [-0.4, -0.2) is 29.6 Å². The maximum Gasteiger partial charge on any atom is 0.315 e. The molecule has 0 bridgehead atoms. The van der Waals surface area contributed by atoms with Crippen LogP contribution in [0.2, 0.25) is 0 Å². The van der Waals surface area contributed by atoms with Gasteiger partial charge in [0.05, 0.1) is 5.60 Å². The van der Waals surface area contributed by atoms with Crippen LogP contribution in [0, 0.1) is 5.41 Å². The number of aliphatic hydroxyl groups is 1. The third-order valence-electron chi connectivity index (χ3n) is 3.32. The zero-order valence-electron chi connectivity index (χ0n) is 9.72. The number of rotatable bonds is 3. The highest BCUT2D eigenvalue weighted by atomic mass is 19.3. The van der Waals surface area contributed by atoms with E-state index >= 15 is 0 Å². The second kappa shape index (κ2) is 4.65. The molecule has 1 amide bonds. The minimum Gasteiger partial charge on any atom is -0.388 e. The average molecular weight is 235 g/mol. The molecule has 0 aromatic carbocycles. The van der Waals surface area contributed by atoms with Crippen molar-refractivity contribution in [2.75, 3.05) is 6.54 Å². The number of amides is 1. The summed E-state index contributed by atoms with van der Waals surface area (Å²) < 4.78 is 23.9. The van der Waals surface area contributed by atoms with Gasteiger partial charge in [-0.2, -0.15) is 8.78 Å². The lowest BCUT2D eigenvalue weighted by Crippen LogP contribution is -2.47. The molecule has 94 valence electrons. The van der Waals surface area contributed by atoms with E-state index in [1.54, 1.807) is 0 Å². The van der Waals surface area contributed by atoms with Crippen molar-refractivity contribution in [3.8, 4) is 0 Å². The average Bonchev–Trinajstić information content (AvgIpc) is 2.20. The Morgan fingerprint density at radius 3 is 2.25 bits per heavy atom. The van der Waals surface area contributed by atoms with Crippen LogP contribution in [0.5, 0.6) is 0 Å². The standard InChI is InChI=1S/C11H19F2NO2/c1-10(2)3-5-11(16,6-4-10)7-14-9(15)8(12)13/h8,16H,3-7H2,1-2H3,(H,14,15). The van der Waals surface area contributed by atoms with Gasteiger partial charge in [-0.1, -0.05) is 13.8 Å². The number of hydrogen-bond donors (Lipinski definition) is 2. The van der Waals surface area contributed by atoms with Crippen LogP contribution in [0.15, 0.2) is 0 Å². The van der Waals surface area contributed by atoms with Gasteiger partial charge in [0.25, 0.3) is 5.91 Å². The zero-order valence-corrected chi connectivity index (χ0v) is 9.72. The molecule has 16 heavy (non-hydrogen) atoms. The van der Waals surface area contributed by atoms with E-state index < -0.39 is 17.9 Å². The first-order chi connectivity index (χ1) is 7.24. The molecule has 0 spiro atoms. The van der Waals surface area contributed by atoms with Gasteiger partial charge in [0.15, 0.2) is 0 Å². The van der Waals surface area contributed by atoms with E-state index in [2.05, 4.69) is 19.2 Å². The summed E-state index contributed by atoms with van der Waals surface area (Å²) in [5.41, 5.74) is -0.820. The zero-order chi connectivity index (χ0) is 12.4. The normalized spacial score (nSPS) is 23.1. The molecule has 0 unspecified atom stereocenters. The Hall–Kier alpha value is -0.710. The predicted octanol–water partition coefficient (Wildman–Crippen LogP) is 1.70. The van der Waals surface area contributed by atoms with Crippen LogP contribution in [-0.2, 0) is 4.79 Å². The van der Waals surface area contributed by atoms with Crippen molar-refractivity contribution in [2.24, 2.45) is 5.41 Å². The molecule has 0 radical (unpaired) electrons. The SMILES string of the molecule is CC1(C)CCC(O)(CNC(=O)C(F)F)CC1. The van der Waals surface area contributed by atoms with Crippen molar-refractivity contribution in [1.29, 1.82) is 0 Å². The molecule has 5 heteroatoms. The summed E-state index contributed by atoms with van der Waals surface area (Å²) in [6, 6.07) is 0. The molecule has 0 atom stereocenters. The first kappa shape index (κ1) is 13.4. The van der Waals surface area contributed by atoms with E-state index in [0.717, 1.165) is 12.8 Å². The van der Waals surface area contributed by atoms with Crippen molar-refractivity contribution >= 4 is 5.91 Å². The minimum atomic E-state index is -3.01. The van der Waals surface area contributed by atoms with Gasteiger partial charge in [0.2, 0.25) is 0 Å². The second-order valence-corrected chi connectivity index (χ2v) is 5.41. The Morgan fingerprint density at radius 2 is 1.81 bits per heavy atom. The lowest BCUT2D eigenvalue weighted by atomic mass is 9.71. The third-order valence-corrected chi connectivity index (χ3v) is 3.32. The van der Waals surface area contributed by atoms with Crippen LogP contribution in [0.25, 0.3) is 0 Å². The third kappa shape index (κ3) is 3.70. The topological polar surface area (TPSA) is 49.3 Å². The first-order valence-corrected chi connectivity index (χ1v) is 5.52. The fourth-order valence-electron chi connectivity index (χ4n) is 1.90.